The standard InChI is InChI=1S/C23H19ClN4O3/c1-27(2)23(30)15-10-11-17(24)18(13-15)25-22(29)20-14-19(21-9-6-12-31-21)26-28(20)16-7-4-3-5-8-16/h3-14H,1-2H3,(H,25,29). The molecule has 31 heavy (non-hydrogen) atoms. The minimum Gasteiger partial charge on any atom is -0.463 e. The van der Waals surface area contributed by atoms with E-state index in [-0.39, 0.29) is 11.6 Å². The number of hydrogen-bond donors (Lipinski definition) is 1. The largest absolute Gasteiger partial charge is 0.463 e. The normalized spacial score (nSPS) is 10.7. The first kappa shape index (κ1) is 20.4. The minimum atomic E-state index is -0.425. The molecule has 0 aliphatic heterocycles. The van der Waals surface area contributed by atoms with Gasteiger partial charge in [0.05, 0.1) is 22.7 Å². The molecular formula is C23H19ClN4O3. The van der Waals surface area contributed by atoms with Gasteiger partial charge in [-0.15, -0.1) is 0 Å². The maximum Gasteiger partial charge on any atom is 0.274 e. The molecule has 0 aliphatic rings. The number of benzene rings is 2. The maximum absolute atomic E-state index is 13.2. The van der Waals surface area contributed by atoms with E-state index >= 15 is 0 Å². The van der Waals surface area contributed by atoms with E-state index < -0.39 is 5.91 Å². The molecule has 0 saturated carbocycles. The fourth-order valence-corrected chi connectivity index (χ4v) is 3.22. The highest BCUT2D eigenvalue weighted by Crippen LogP contribution is 2.26. The topological polar surface area (TPSA) is 80.4 Å². The van der Waals surface area contributed by atoms with Crippen LogP contribution in [0, 0.1) is 0 Å². The van der Waals surface area contributed by atoms with Crippen molar-refractivity contribution in [3.05, 3.63) is 89.3 Å². The van der Waals surface area contributed by atoms with Crippen molar-refractivity contribution >= 4 is 29.1 Å². The molecule has 0 radical (unpaired) electrons. The lowest BCUT2D eigenvalue weighted by atomic mass is 10.1. The summed E-state index contributed by atoms with van der Waals surface area (Å²) in [4.78, 5) is 26.9. The molecule has 0 bridgehead atoms. The molecule has 2 amide bonds. The molecular weight excluding hydrogens is 416 g/mol. The Morgan fingerprint density at radius 1 is 1.03 bits per heavy atom. The molecule has 0 atom stereocenters. The summed E-state index contributed by atoms with van der Waals surface area (Å²) in [5, 5.41) is 7.66. The Balaban J connectivity index is 1.72. The number of hydrogen-bond acceptors (Lipinski definition) is 4. The number of anilines is 1. The lowest BCUT2D eigenvalue weighted by molar-refractivity contribution is 0.0827. The third-order valence-electron chi connectivity index (χ3n) is 4.58. The number of aromatic nitrogens is 2. The lowest BCUT2D eigenvalue weighted by Crippen LogP contribution is -2.22. The molecule has 2 aromatic carbocycles. The van der Waals surface area contributed by atoms with Crippen LogP contribution in [0.15, 0.2) is 77.4 Å². The summed E-state index contributed by atoms with van der Waals surface area (Å²) < 4.78 is 6.97. The zero-order valence-corrected chi connectivity index (χ0v) is 17.6. The summed E-state index contributed by atoms with van der Waals surface area (Å²) in [5.41, 5.74) is 2.27. The first-order valence-corrected chi connectivity index (χ1v) is 9.84. The first-order chi connectivity index (χ1) is 14.9. The number of nitrogens with zero attached hydrogens (tertiary/aromatic N) is 3. The molecule has 0 saturated heterocycles. The Kier molecular flexibility index (Phi) is 5.60. The van der Waals surface area contributed by atoms with Crippen LogP contribution < -0.4 is 5.32 Å². The van der Waals surface area contributed by atoms with Gasteiger partial charge in [0.1, 0.15) is 11.4 Å². The maximum atomic E-state index is 13.2. The van der Waals surface area contributed by atoms with E-state index in [1.165, 1.54) is 9.58 Å². The summed E-state index contributed by atoms with van der Waals surface area (Å²) in [6.07, 6.45) is 1.55. The van der Waals surface area contributed by atoms with Crippen molar-refractivity contribution < 1.29 is 14.0 Å². The van der Waals surface area contributed by atoms with Crippen molar-refractivity contribution in [3.8, 4) is 17.1 Å². The summed E-state index contributed by atoms with van der Waals surface area (Å²) in [6, 6.07) is 19.2. The van der Waals surface area contributed by atoms with Crippen LogP contribution in [0.1, 0.15) is 20.8 Å². The summed E-state index contributed by atoms with van der Waals surface area (Å²) in [6.45, 7) is 0. The summed E-state index contributed by atoms with van der Waals surface area (Å²) in [7, 11) is 3.31. The molecule has 0 fully saturated rings. The SMILES string of the molecule is CN(C)C(=O)c1ccc(Cl)c(NC(=O)c2cc(-c3ccco3)nn2-c2ccccc2)c1. The Morgan fingerprint density at radius 3 is 2.48 bits per heavy atom. The number of halogens is 1. The molecule has 0 aliphatic carbocycles. The van der Waals surface area contributed by atoms with Gasteiger partial charge in [0.25, 0.3) is 11.8 Å². The number of carbonyl (C=O) groups excluding carboxylic acids is 2. The molecule has 4 rings (SSSR count). The summed E-state index contributed by atoms with van der Waals surface area (Å²) in [5.74, 6) is -0.0764. The van der Waals surface area contributed by atoms with Crippen LogP contribution in [0.5, 0.6) is 0 Å². The van der Waals surface area contributed by atoms with E-state index in [1.807, 2.05) is 30.3 Å². The number of rotatable bonds is 5. The zero-order chi connectivity index (χ0) is 22.0. The predicted octanol–water partition coefficient (Wildman–Crippen LogP) is 4.74. The number of carbonyl (C=O) groups is 2. The van der Waals surface area contributed by atoms with Crippen molar-refractivity contribution in [2.24, 2.45) is 0 Å². The van der Waals surface area contributed by atoms with E-state index in [4.69, 9.17) is 16.0 Å². The molecule has 7 nitrogen and oxygen atoms in total. The first-order valence-electron chi connectivity index (χ1n) is 9.46. The zero-order valence-electron chi connectivity index (χ0n) is 16.9. The minimum absolute atomic E-state index is 0.193. The summed E-state index contributed by atoms with van der Waals surface area (Å²) >= 11 is 6.28. The van der Waals surface area contributed by atoms with Gasteiger partial charge in [-0.1, -0.05) is 29.8 Å². The van der Waals surface area contributed by atoms with E-state index in [9.17, 15) is 9.59 Å². The number of nitrogens with one attached hydrogen (secondary N) is 1. The van der Waals surface area contributed by atoms with Crippen LogP contribution in [0.25, 0.3) is 17.1 Å². The van der Waals surface area contributed by atoms with Crippen molar-refractivity contribution in [2.75, 3.05) is 19.4 Å². The second kappa shape index (κ2) is 8.49. The van der Waals surface area contributed by atoms with Gasteiger partial charge >= 0.3 is 0 Å². The van der Waals surface area contributed by atoms with Gasteiger partial charge in [0, 0.05) is 25.7 Å². The van der Waals surface area contributed by atoms with E-state index in [1.54, 1.807) is 56.8 Å². The van der Waals surface area contributed by atoms with Crippen molar-refractivity contribution in [1.82, 2.24) is 14.7 Å². The molecule has 8 heteroatoms. The van der Waals surface area contributed by atoms with Crippen LogP contribution in [-0.4, -0.2) is 40.6 Å². The van der Waals surface area contributed by atoms with Crippen molar-refractivity contribution in [2.45, 2.75) is 0 Å². The quantitative estimate of drug-likeness (QED) is 0.492. The molecule has 4 aromatic rings. The molecule has 1 N–H and O–H groups in total. The fraction of sp³-hybridized carbons (Fsp3) is 0.0870. The van der Waals surface area contributed by atoms with Crippen LogP contribution in [0.2, 0.25) is 5.02 Å². The molecule has 0 spiro atoms. The fourth-order valence-electron chi connectivity index (χ4n) is 3.05. The van der Waals surface area contributed by atoms with E-state index in [0.717, 1.165) is 0 Å². The van der Waals surface area contributed by atoms with Gasteiger partial charge in [-0.3, -0.25) is 9.59 Å². The molecule has 0 unspecified atom stereocenters. The van der Waals surface area contributed by atoms with Crippen molar-refractivity contribution in [3.63, 3.8) is 0 Å². The third-order valence-corrected chi connectivity index (χ3v) is 4.91. The molecule has 2 aromatic heterocycles. The van der Waals surface area contributed by atoms with Crippen LogP contribution >= 0.6 is 11.6 Å². The monoisotopic (exact) mass is 434 g/mol. The van der Waals surface area contributed by atoms with Crippen molar-refractivity contribution in [1.29, 1.82) is 0 Å². The number of para-hydroxylation sites is 1. The predicted molar refractivity (Wildman–Crippen MR) is 119 cm³/mol. The Morgan fingerprint density at radius 2 is 1.81 bits per heavy atom. The second-order valence-electron chi connectivity index (χ2n) is 6.99. The average molecular weight is 435 g/mol. The van der Waals surface area contributed by atoms with Gasteiger partial charge < -0.3 is 14.6 Å². The van der Waals surface area contributed by atoms with Gasteiger partial charge in [-0.25, -0.2) is 4.68 Å². The Hall–Kier alpha value is -3.84. The number of amides is 2. The third kappa shape index (κ3) is 4.22. The highest BCUT2D eigenvalue weighted by molar-refractivity contribution is 6.34. The lowest BCUT2D eigenvalue weighted by Gasteiger charge is -2.13. The molecule has 2 heterocycles. The highest BCUT2D eigenvalue weighted by atomic mass is 35.5. The average Bonchev–Trinajstić information content (AvgIpc) is 3.45. The van der Waals surface area contributed by atoms with Crippen LogP contribution in [0.4, 0.5) is 5.69 Å². The van der Waals surface area contributed by atoms with Crippen LogP contribution in [-0.2, 0) is 0 Å². The smallest absolute Gasteiger partial charge is 0.274 e. The van der Waals surface area contributed by atoms with E-state index in [0.29, 0.717) is 33.4 Å². The van der Waals surface area contributed by atoms with Gasteiger partial charge in [-0.2, -0.15) is 5.10 Å². The second-order valence-corrected chi connectivity index (χ2v) is 7.40. The Labute approximate surface area is 183 Å². The highest BCUT2D eigenvalue weighted by Gasteiger charge is 2.20. The number of furan rings is 1. The van der Waals surface area contributed by atoms with Crippen LogP contribution in [0.3, 0.4) is 0 Å². The molecule has 156 valence electrons. The van der Waals surface area contributed by atoms with Gasteiger partial charge in [0.2, 0.25) is 0 Å². The van der Waals surface area contributed by atoms with Gasteiger partial charge in [-0.05, 0) is 42.5 Å². The Bertz CT molecular complexity index is 1230. The van der Waals surface area contributed by atoms with Gasteiger partial charge in [0.15, 0.2) is 5.76 Å². The van der Waals surface area contributed by atoms with E-state index in [2.05, 4.69) is 10.4 Å².